The van der Waals surface area contributed by atoms with Gasteiger partial charge in [0.2, 0.25) is 5.91 Å². The van der Waals surface area contributed by atoms with E-state index in [1.807, 2.05) is 18.2 Å². The summed E-state index contributed by atoms with van der Waals surface area (Å²) >= 11 is 7.40. The number of benzene rings is 1. The van der Waals surface area contributed by atoms with Crippen molar-refractivity contribution in [2.24, 2.45) is 5.92 Å². The molecule has 0 radical (unpaired) electrons. The lowest BCUT2D eigenvalue weighted by Gasteiger charge is -2.06. The van der Waals surface area contributed by atoms with Crippen molar-refractivity contribution < 1.29 is 4.79 Å². The third-order valence-electron chi connectivity index (χ3n) is 3.54. The van der Waals surface area contributed by atoms with Crippen molar-refractivity contribution >= 4 is 44.2 Å². The van der Waals surface area contributed by atoms with Crippen molar-refractivity contribution in [3.63, 3.8) is 0 Å². The number of carbonyl (C=O) groups is 1. The summed E-state index contributed by atoms with van der Waals surface area (Å²) < 4.78 is 0.993. The van der Waals surface area contributed by atoms with Gasteiger partial charge in [-0.05, 0) is 50.0 Å². The van der Waals surface area contributed by atoms with Crippen molar-refractivity contribution in [3.05, 3.63) is 23.2 Å². The first kappa shape index (κ1) is 13.8. The summed E-state index contributed by atoms with van der Waals surface area (Å²) in [7, 11) is 0. The molecule has 0 saturated carbocycles. The number of amides is 1. The number of nitrogens with zero attached hydrogens (tertiary/aromatic N) is 1. The van der Waals surface area contributed by atoms with Crippen molar-refractivity contribution in [1.29, 1.82) is 0 Å². The van der Waals surface area contributed by atoms with Gasteiger partial charge in [-0.1, -0.05) is 22.9 Å². The Balaban J connectivity index is 1.59. The summed E-state index contributed by atoms with van der Waals surface area (Å²) in [6.07, 6.45) is 2.67. The standard InChI is InChI=1S/C14H16ClN3OS/c15-10-2-3-11-12(7-10)20-14(17-11)18-13(19)4-1-9-5-6-16-8-9/h2-3,7,9,16H,1,4-6,8H2,(H,17,18,19). The molecule has 1 aliphatic rings. The molecule has 2 heterocycles. The molecule has 1 aromatic heterocycles. The highest BCUT2D eigenvalue weighted by Crippen LogP contribution is 2.28. The molecule has 3 rings (SSSR count). The van der Waals surface area contributed by atoms with E-state index in [0.29, 0.717) is 22.5 Å². The predicted octanol–water partition coefficient (Wildman–Crippen LogP) is 3.28. The number of carbonyl (C=O) groups excluding carboxylic acids is 1. The Morgan fingerprint density at radius 1 is 1.55 bits per heavy atom. The molecule has 2 N–H and O–H groups in total. The van der Waals surface area contributed by atoms with Crippen LogP contribution in [-0.2, 0) is 4.79 Å². The molecule has 1 saturated heterocycles. The molecule has 0 bridgehead atoms. The van der Waals surface area contributed by atoms with Crippen molar-refractivity contribution in [2.45, 2.75) is 19.3 Å². The first-order valence-electron chi connectivity index (χ1n) is 6.77. The monoisotopic (exact) mass is 309 g/mol. The third-order valence-corrected chi connectivity index (χ3v) is 4.71. The van der Waals surface area contributed by atoms with E-state index in [1.54, 1.807) is 0 Å². The minimum absolute atomic E-state index is 0.0436. The van der Waals surface area contributed by atoms with Gasteiger partial charge in [-0.2, -0.15) is 0 Å². The number of anilines is 1. The smallest absolute Gasteiger partial charge is 0.226 e. The molecule has 1 atom stereocenters. The number of rotatable bonds is 4. The highest BCUT2D eigenvalue weighted by Gasteiger charge is 2.16. The van der Waals surface area contributed by atoms with Crippen LogP contribution in [0.2, 0.25) is 5.02 Å². The Morgan fingerprint density at radius 3 is 3.25 bits per heavy atom. The van der Waals surface area contributed by atoms with Crippen molar-refractivity contribution in [2.75, 3.05) is 18.4 Å². The zero-order chi connectivity index (χ0) is 13.9. The maximum absolute atomic E-state index is 11.9. The van der Waals surface area contributed by atoms with Gasteiger partial charge in [0, 0.05) is 11.4 Å². The molecule has 4 nitrogen and oxygen atoms in total. The number of hydrogen-bond donors (Lipinski definition) is 2. The summed E-state index contributed by atoms with van der Waals surface area (Å²) in [6.45, 7) is 2.11. The number of hydrogen-bond acceptors (Lipinski definition) is 4. The van der Waals surface area contributed by atoms with Crippen molar-refractivity contribution in [3.8, 4) is 0 Å². The van der Waals surface area contributed by atoms with Gasteiger partial charge in [0.25, 0.3) is 0 Å². The van der Waals surface area contributed by atoms with Crippen LogP contribution in [0.4, 0.5) is 5.13 Å². The van der Waals surface area contributed by atoms with Crippen LogP contribution in [0.15, 0.2) is 18.2 Å². The van der Waals surface area contributed by atoms with E-state index < -0.39 is 0 Å². The van der Waals surface area contributed by atoms with Crippen LogP contribution in [0.25, 0.3) is 10.2 Å². The second-order valence-electron chi connectivity index (χ2n) is 5.08. The Bertz CT molecular complexity index is 622. The van der Waals surface area contributed by atoms with E-state index in [2.05, 4.69) is 15.6 Å². The molecule has 1 fully saturated rings. The average molecular weight is 310 g/mol. The van der Waals surface area contributed by atoms with E-state index in [1.165, 1.54) is 17.8 Å². The minimum atomic E-state index is 0.0436. The molecule has 6 heteroatoms. The van der Waals surface area contributed by atoms with Crippen LogP contribution < -0.4 is 10.6 Å². The minimum Gasteiger partial charge on any atom is -0.316 e. The lowest BCUT2D eigenvalue weighted by molar-refractivity contribution is -0.116. The number of thiazole rings is 1. The topological polar surface area (TPSA) is 54.0 Å². The third kappa shape index (κ3) is 3.29. The fourth-order valence-corrected chi connectivity index (χ4v) is 3.59. The van der Waals surface area contributed by atoms with Crippen LogP contribution in [0.1, 0.15) is 19.3 Å². The number of halogens is 1. The zero-order valence-corrected chi connectivity index (χ0v) is 12.6. The summed E-state index contributed by atoms with van der Waals surface area (Å²) in [6, 6.07) is 5.55. The van der Waals surface area contributed by atoms with Gasteiger partial charge in [0.1, 0.15) is 0 Å². The lowest BCUT2D eigenvalue weighted by Crippen LogP contribution is -2.14. The maximum atomic E-state index is 11.9. The molecule has 0 spiro atoms. The molecule has 2 aromatic rings. The molecule has 1 aliphatic heterocycles. The number of fused-ring (bicyclic) bond motifs is 1. The molecule has 1 aromatic carbocycles. The van der Waals surface area contributed by atoms with Crippen molar-refractivity contribution in [1.82, 2.24) is 10.3 Å². The second-order valence-corrected chi connectivity index (χ2v) is 6.54. The van der Waals surface area contributed by atoms with Gasteiger partial charge in [-0.15, -0.1) is 0 Å². The predicted molar refractivity (Wildman–Crippen MR) is 83.5 cm³/mol. The first-order valence-corrected chi connectivity index (χ1v) is 7.97. The fraction of sp³-hybridized carbons (Fsp3) is 0.429. The van der Waals surface area contributed by atoms with Gasteiger partial charge in [-0.25, -0.2) is 4.98 Å². The van der Waals surface area contributed by atoms with E-state index in [0.717, 1.165) is 29.7 Å². The molecule has 1 amide bonds. The molecule has 106 valence electrons. The Labute approximate surface area is 126 Å². The van der Waals surface area contributed by atoms with Gasteiger partial charge in [0.05, 0.1) is 10.2 Å². The summed E-state index contributed by atoms with van der Waals surface area (Å²) in [5.74, 6) is 0.678. The highest BCUT2D eigenvalue weighted by molar-refractivity contribution is 7.22. The van der Waals surface area contributed by atoms with Crippen LogP contribution in [0.3, 0.4) is 0 Å². The SMILES string of the molecule is O=C(CCC1CCNC1)Nc1nc2ccc(Cl)cc2s1. The van der Waals surface area contributed by atoms with E-state index >= 15 is 0 Å². The van der Waals surface area contributed by atoms with E-state index in [-0.39, 0.29) is 5.91 Å². The van der Waals surface area contributed by atoms with Gasteiger partial charge < -0.3 is 10.6 Å². The normalized spacial score (nSPS) is 18.6. The summed E-state index contributed by atoms with van der Waals surface area (Å²) in [4.78, 5) is 16.3. The summed E-state index contributed by atoms with van der Waals surface area (Å²) in [5.41, 5.74) is 0.870. The zero-order valence-electron chi connectivity index (χ0n) is 11.0. The van der Waals surface area contributed by atoms with Crippen LogP contribution >= 0.6 is 22.9 Å². The maximum Gasteiger partial charge on any atom is 0.226 e. The Kier molecular flexibility index (Phi) is 4.19. The van der Waals surface area contributed by atoms with Gasteiger partial charge in [-0.3, -0.25) is 4.79 Å². The summed E-state index contributed by atoms with van der Waals surface area (Å²) in [5, 5.41) is 7.53. The van der Waals surface area contributed by atoms with Crippen LogP contribution in [-0.4, -0.2) is 24.0 Å². The quantitative estimate of drug-likeness (QED) is 0.911. The van der Waals surface area contributed by atoms with Crippen LogP contribution in [0, 0.1) is 5.92 Å². The highest BCUT2D eigenvalue weighted by atomic mass is 35.5. The number of aromatic nitrogens is 1. The van der Waals surface area contributed by atoms with E-state index in [4.69, 9.17) is 11.6 Å². The van der Waals surface area contributed by atoms with Gasteiger partial charge >= 0.3 is 0 Å². The Morgan fingerprint density at radius 2 is 2.45 bits per heavy atom. The molecular formula is C14H16ClN3OS. The van der Waals surface area contributed by atoms with Crippen LogP contribution in [0.5, 0.6) is 0 Å². The molecular weight excluding hydrogens is 294 g/mol. The fourth-order valence-electron chi connectivity index (χ4n) is 2.43. The molecule has 20 heavy (non-hydrogen) atoms. The largest absolute Gasteiger partial charge is 0.316 e. The second kappa shape index (κ2) is 6.08. The molecule has 1 unspecified atom stereocenters. The first-order chi connectivity index (χ1) is 9.70. The Hall–Kier alpha value is -1.17. The average Bonchev–Trinajstić information content (AvgIpc) is 3.04. The lowest BCUT2D eigenvalue weighted by atomic mass is 10.0. The van der Waals surface area contributed by atoms with E-state index in [9.17, 15) is 4.79 Å². The molecule has 0 aliphatic carbocycles. The van der Waals surface area contributed by atoms with Gasteiger partial charge in [0.15, 0.2) is 5.13 Å². The number of nitrogens with one attached hydrogen (secondary N) is 2.